The first-order valence-electron chi connectivity index (χ1n) is 9.43. The van der Waals surface area contributed by atoms with E-state index in [1.165, 1.54) is 31.4 Å². The van der Waals surface area contributed by atoms with Crippen molar-refractivity contribution in [1.29, 1.82) is 0 Å². The van der Waals surface area contributed by atoms with Crippen LogP contribution >= 0.6 is 0 Å². The SMILES string of the molecule is CC(c1ccccc1N1CCCCC1)C(C(N)=O)c1ccc(C(=O)[O-])cc1.[Na+]. The van der Waals surface area contributed by atoms with Crippen LogP contribution in [0.1, 0.15) is 59.5 Å². The van der Waals surface area contributed by atoms with E-state index in [-0.39, 0.29) is 41.0 Å². The third-order valence-electron chi connectivity index (χ3n) is 5.44. The minimum atomic E-state index is -1.24. The number of piperidine rings is 1. The molecule has 2 aromatic carbocycles. The summed E-state index contributed by atoms with van der Waals surface area (Å²) >= 11 is 0. The van der Waals surface area contributed by atoms with Gasteiger partial charge in [0, 0.05) is 18.8 Å². The van der Waals surface area contributed by atoms with Crippen LogP contribution in [-0.2, 0) is 4.79 Å². The molecule has 28 heavy (non-hydrogen) atoms. The molecule has 0 saturated carbocycles. The maximum atomic E-state index is 12.3. The number of benzene rings is 2. The zero-order valence-corrected chi connectivity index (χ0v) is 18.6. The van der Waals surface area contributed by atoms with Gasteiger partial charge in [0.25, 0.3) is 0 Å². The molecule has 3 rings (SSSR count). The quantitative estimate of drug-likeness (QED) is 0.671. The number of amides is 1. The molecule has 1 amide bonds. The number of para-hydroxylation sites is 1. The van der Waals surface area contributed by atoms with Crippen LogP contribution < -0.4 is 45.3 Å². The van der Waals surface area contributed by atoms with Gasteiger partial charge in [0.15, 0.2) is 0 Å². The second-order valence-electron chi connectivity index (χ2n) is 7.18. The van der Waals surface area contributed by atoms with Crippen LogP contribution in [-0.4, -0.2) is 25.0 Å². The van der Waals surface area contributed by atoms with Crippen LogP contribution in [0.4, 0.5) is 5.69 Å². The molecular formula is C22H25N2NaO3. The van der Waals surface area contributed by atoms with Gasteiger partial charge in [0.2, 0.25) is 5.91 Å². The molecule has 2 atom stereocenters. The van der Waals surface area contributed by atoms with Crippen molar-refractivity contribution < 1.29 is 44.3 Å². The molecule has 0 bridgehead atoms. The Kier molecular flexibility index (Phi) is 8.10. The summed E-state index contributed by atoms with van der Waals surface area (Å²) in [5, 5.41) is 11.0. The van der Waals surface area contributed by atoms with Crippen LogP contribution in [0, 0.1) is 0 Å². The molecule has 6 heteroatoms. The zero-order valence-electron chi connectivity index (χ0n) is 16.6. The van der Waals surface area contributed by atoms with E-state index in [0.717, 1.165) is 24.3 Å². The summed E-state index contributed by atoms with van der Waals surface area (Å²) in [6.07, 6.45) is 3.60. The fourth-order valence-corrected chi connectivity index (χ4v) is 4.00. The number of carboxylic acids is 1. The minimum Gasteiger partial charge on any atom is -0.545 e. The average Bonchev–Trinajstić information content (AvgIpc) is 2.69. The number of carbonyl (C=O) groups excluding carboxylic acids is 2. The van der Waals surface area contributed by atoms with Crippen molar-refractivity contribution in [3.8, 4) is 0 Å². The van der Waals surface area contributed by atoms with Gasteiger partial charge in [-0.3, -0.25) is 4.79 Å². The summed E-state index contributed by atoms with van der Waals surface area (Å²) in [5.74, 6) is -2.32. The van der Waals surface area contributed by atoms with Crippen molar-refractivity contribution in [3.05, 3.63) is 65.2 Å². The fourth-order valence-electron chi connectivity index (χ4n) is 4.00. The van der Waals surface area contributed by atoms with Gasteiger partial charge in [-0.15, -0.1) is 0 Å². The molecule has 0 spiro atoms. The molecule has 1 heterocycles. The van der Waals surface area contributed by atoms with Gasteiger partial charge >= 0.3 is 29.6 Å². The molecule has 0 radical (unpaired) electrons. The van der Waals surface area contributed by atoms with E-state index in [1.54, 1.807) is 12.1 Å². The first kappa shape index (κ1) is 22.5. The monoisotopic (exact) mass is 388 g/mol. The number of hydrogen-bond donors (Lipinski definition) is 1. The third-order valence-corrected chi connectivity index (χ3v) is 5.44. The number of carboxylic acid groups (broad SMARTS) is 1. The van der Waals surface area contributed by atoms with Gasteiger partial charge in [0.1, 0.15) is 0 Å². The van der Waals surface area contributed by atoms with E-state index in [9.17, 15) is 14.7 Å². The molecule has 1 fully saturated rings. The molecule has 1 aliphatic rings. The van der Waals surface area contributed by atoms with Crippen molar-refractivity contribution in [2.75, 3.05) is 18.0 Å². The van der Waals surface area contributed by atoms with Gasteiger partial charge in [-0.05, 0) is 47.9 Å². The molecule has 5 nitrogen and oxygen atoms in total. The summed E-state index contributed by atoms with van der Waals surface area (Å²) in [5.41, 5.74) is 8.80. The second-order valence-corrected chi connectivity index (χ2v) is 7.18. The van der Waals surface area contributed by atoms with Crippen LogP contribution in [0.5, 0.6) is 0 Å². The first-order valence-corrected chi connectivity index (χ1v) is 9.43. The average molecular weight is 388 g/mol. The van der Waals surface area contributed by atoms with E-state index in [0.29, 0.717) is 5.56 Å². The maximum Gasteiger partial charge on any atom is 1.00 e. The number of anilines is 1. The van der Waals surface area contributed by atoms with Crippen molar-refractivity contribution in [1.82, 2.24) is 0 Å². The third kappa shape index (κ3) is 4.96. The Morgan fingerprint density at radius 2 is 1.61 bits per heavy atom. The zero-order chi connectivity index (χ0) is 19.4. The Hall–Kier alpha value is -1.82. The van der Waals surface area contributed by atoms with Crippen LogP contribution in [0.25, 0.3) is 0 Å². The minimum absolute atomic E-state index is 0. The molecule has 0 aromatic heterocycles. The molecule has 1 saturated heterocycles. The van der Waals surface area contributed by atoms with Crippen LogP contribution in [0.3, 0.4) is 0 Å². The molecule has 1 aliphatic heterocycles. The Bertz CT molecular complexity index is 817. The Labute approximate surface area is 188 Å². The van der Waals surface area contributed by atoms with E-state index < -0.39 is 17.8 Å². The number of hydrogen-bond acceptors (Lipinski definition) is 4. The van der Waals surface area contributed by atoms with E-state index >= 15 is 0 Å². The summed E-state index contributed by atoms with van der Waals surface area (Å²) < 4.78 is 0. The van der Waals surface area contributed by atoms with Gasteiger partial charge in [-0.25, -0.2) is 0 Å². The Balaban J connectivity index is 0.00000280. The predicted molar refractivity (Wildman–Crippen MR) is 104 cm³/mol. The van der Waals surface area contributed by atoms with Crippen molar-refractivity contribution in [2.45, 2.75) is 38.0 Å². The molecule has 2 N–H and O–H groups in total. The second kappa shape index (κ2) is 10.1. The van der Waals surface area contributed by atoms with Gasteiger partial charge < -0.3 is 20.5 Å². The smallest absolute Gasteiger partial charge is 0.545 e. The number of carbonyl (C=O) groups is 2. The first-order chi connectivity index (χ1) is 13.0. The largest absolute Gasteiger partial charge is 1.00 e. The number of nitrogens with zero attached hydrogens (tertiary/aromatic N) is 1. The van der Waals surface area contributed by atoms with Crippen molar-refractivity contribution >= 4 is 17.6 Å². The van der Waals surface area contributed by atoms with E-state index in [4.69, 9.17) is 5.73 Å². The fraction of sp³-hybridized carbons (Fsp3) is 0.364. The Morgan fingerprint density at radius 1 is 1.00 bits per heavy atom. The summed E-state index contributed by atoms with van der Waals surface area (Å²) in [6.45, 7) is 4.04. The summed E-state index contributed by atoms with van der Waals surface area (Å²) in [7, 11) is 0. The molecule has 142 valence electrons. The number of rotatable bonds is 6. The van der Waals surface area contributed by atoms with E-state index in [2.05, 4.69) is 17.0 Å². The molecule has 0 aliphatic carbocycles. The van der Waals surface area contributed by atoms with E-state index in [1.807, 2.05) is 19.1 Å². The number of nitrogens with two attached hydrogens (primary N) is 1. The number of aromatic carboxylic acids is 1. The normalized spacial score (nSPS) is 16.0. The molecular weight excluding hydrogens is 363 g/mol. The van der Waals surface area contributed by atoms with Gasteiger partial charge in [-0.2, -0.15) is 0 Å². The Morgan fingerprint density at radius 3 is 2.18 bits per heavy atom. The van der Waals surface area contributed by atoms with Crippen LogP contribution in [0.2, 0.25) is 0 Å². The predicted octanol–water partition coefficient (Wildman–Crippen LogP) is -0.583. The van der Waals surface area contributed by atoms with Gasteiger partial charge in [-0.1, -0.05) is 49.4 Å². The van der Waals surface area contributed by atoms with Crippen molar-refractivity contribution in [2.24, 2.45) is 5.73 Å². The van der Waals surface area contributed by atoms with Gasteiger partial charge in [0.05, 0.1) is 11.9 Å². The van der Waals surface area contributed by atoms with Crippen LogP contribution in [0.15, 0.2) is 48.5 Å². The molecule has 2 unspecified atom stereocenters. The summed E-state index contributed by atoms with van der Waals surface area (Å²) in [4.78, 5) is 25.7. The topological polar surface area (TPSA) is 86.5 Å². The summed E-state index contributed by atoms with van der Waals surface area (Å²) in [6, 6.07) is 14.4. The molecule has 2 aromatic rings. The standard InChI is InChI=1S/C22H26N2O3.Na/c1-15(18-7-3-4-8-19(18)24-13-5-2-6-14-24)20(21(23)25)16-9-11-17(12-10-16)22(26)27;/h3-4,7-12,15,20H,2,5-6,13-14H2,1H3,(H2,23,25)(H,26,27);/q;+1/p-1. The maximum absolute atomic E-state index is 12.3. The number of primary amides is 1. The van der Waals surface area contributed by atoms with Crippen molar-refractivity contribution in [3.63, 3.8) is 0 Å².